The van der Waals surface area contributed by atoms with Crippen molar-refractivity contribution in [1.29, 1.82) is 0 Å². The molecule has 0 aliphatic carbocycles. The first-order chi connectivity index (χ1) is 10.1. The van der Waals surface area contributed by atoms with Gasteiger partial charge >= 0.3 is 5.97 Å². The number of hydrogen-bond donors (Lipinski definition) is 1. The molecule has 0 radical (unpaired) electrons. The topological polar surface area (TPSA) is 63.3 Å². The molecule has 3 rings (SSSR count). The Bertz CT molecular complexity index is 820. The molecular weight excluding hydrogens is 266 g/mol. The van der Waals surface area contributed by atoms with Crippen LogP contribution in [0.3, 0.4) is 0 Å². The summed E-state index contributed by atoms with van der Waals surface area (Å²) in [6.45, 7) is 3.66. The van der Waals surface area contributed by atoms with Gasteiger partial charge in [0.2, 0.25) is 5.89 Å². The van der Waals surface area contributed by atoms with Crippen LogP contribution in [0.15, 0.2) is 46.9 Å². The van der Waals surface area contributed by atoms with E-state index in [9.17, 15) is 4.79 Å². The molecule has 0 bridgehead atoms. The number of rotatable bonds is 3. The zero-order valence-electron chi connectivity index (χ0n) is 11.8. The van der Waals surface area contributed by atoms with Gasteiger partial charge in [-0.25, -0.2) is 4.98 Å². The molecule has 0 aliphatic rings. The molecule has 21 heavy (non-hydrogen) atoms. The quantitative estimate of drug-likeness (QED) is 0.788. The Balaban J connectivity index is 2.09. The number of aromatic nitrogens is 1. The number of carboxylic acid groups (broad SMARTS) is 1. The lowest BCUT2D eigenvalue weighted by Crippen LogP contribution is -2.06. The number of oxazole rings is 1. The van der Waals surface area contributed by atoms with Crippen LogP contribution in [0.1, 0.15) is 24.0 Å². The summed E-state index contributed by atoms with van der Waals surface area (Å²) in [6.07, 6.45) is 0. The Kier molecular flexibility index (Phi) is 3.22. The van der Waals surface area contributed by atoms with E-state index in [-0.39, 0.29) is 0 Å². The molecule has 0 saturated heterocycles. The first-order valence-electron chi connectivity index (χ1n) is 6.75. The van der Waals surface area contributed by atoms with Gasteiger partial charge in [0.05, 0.1) is 5.92 Å². The van der Waals surface area contributed by atoms with E-state index in [0.717, 1.165) is 16.7 Å². The number of hydrogen-bond acceptors (Lipinski definition) is 3. The largest absolute Gasteiger partial charge is 0.481 e. The molecule has 0 saturated carbocycles. The van der Waals surface area contributed by atoms with Crippen molar-refractivity contribution in [2.45, 2.75) is 19.8 Å². The number of nitrogens with zero attached hydrogens (tertiary/aromatic N) is 1. The van der Waals surface area contributed by atoms with Gasteiger partial charge in [-0.3, -0.25) is 4.79 Å². The van der Waals surface area contributed by atoms with Crippen LogP contribution < -0.4 is 0 Å². The normalized spacial score (nSPS) is 12.5. The average Bonchev–Trinajstić information content (AvgIpc) is 2.89. The molecule has 4 heteroatoms. The summed E-state index contributed by atoms with van der Waals surface area (Å²) in [7, 11) is 0. The smallest absolute Gasteiger partial charge is 0.310 e. The van der Waals surface area contributed by atoms with Gasteiger partial charge in [-0.05, 0) is 43.2 Å². The monoisotopic (exact) mass is 281 g/mol. The third-order valence-electron chi connectivity index (χ3n) is 3.66. The summed E-state index contributed by atoms with van der Waals surface area (Å²) in [5.74, 6) is -0.854. The van der Waals surface area contributed by atoms with Crippen molar-refractivity contribution in [3.8, 4) is 11.5 Å². The van der Waals surface area contributed by atoms with Crippen LogP contribution in [-0.2, 0) is 4.79 Å². The van der Waals surface area contributed by atoms with Crippen molar-refractivity contribution < 1.29 is 14.3 Å². The lowest BCUT2D eigenvalue weighted by molar-refractivity contribution is -0.138. The van der Waals surface area contributed by atoms with Crippen molar-refractivity contribution in [2.24, 2.45) is 0 Å². The van der Waals surface area contributed by atoms with Gasteiger partial charge in [0, 0.05) is 5.56 Å². The van der Waals surface area contributed by atoms with Crippen LogP contribution in [0, 0.1) is 6.92 Å². The van der Waals surface area contributed by atoms with E-state index in [0.29, 0.717) is 17.0 Å². The van der Waals surface area contributed by atoms with Crippen LogP contribution in [0.25, 0.3) is 22.6 Å². The molecule has 1 heterocycles. The molecule has 0 aliphatic heterocycles. The Hall–Kier alpha value is -2.62. The second kappa shape index (κ2) is 5.05. The highest BCUT2D eigenvalue weighted by Crippen LogP contribution is 2.28. The van der Waals surface area contributed by atoms with Crippen LogP contribution in [-0.4, -0.2) is 16.1 Å². The highest BCUT2D eigenvalue weighted by molar-refractivity contribution is 5.81. The molecule has 4 nitrogen and oxygen atoms in total. The first-order valence-corrected chi connectivity index (χ1v) is 6.75. The molecule has 0 amide bonds. The minimum atomic E-state index is -0.850. The second-order valence-electron chi connectivity index (χ2n) is 5.12. The fraction of sp³-hybridized carbons (Fsp3) is 0.176. The number of benzene rings is 2. The minimum absolute atomic E-state index is 0.559. The third-order valence-corrected chi connectivity index (χ3v) is 3.66. The average molecular weight is 281 g/mol. The van der Waals surface area contributed by atoms with E-state index in [1.165, 1.54) is 0 Å². The van der Waals surface area contributed by atoms with Crippen molar-refractivity contribution in [2.75, 3.05) is 0 Å². The minimum Gasteiger partial charge on any atom is -0.481 e. The second-order valence-corrected chi connectivity index (χ2v) is 5.12. The van der Waals surface area contributed by atoms with Gasteiger partial charge in [0.25, 0.3) is 0 Å². The predicted molar refractivity (Wildman–Crippen MR) is 80.2 cm³/mol. The number of carbonyl (C=O) groups is 1. The predicted octanol–water partition coefficient (Wildman–Crippen LogP) is 3.99. The fourth-order valence-corrected chi connectivity index (χ4v) is 2.28. The summed E-state index contributed by atoms with van der Waals surface area (Å²) in [4.78, 5) is 15.5. The zero-order valence-corrected chi connectivity index (χ0v) is 11.8. The lowest BCUT2D eigenvalue weighted by Gasteiger charge is -2.04. The van der Waals surface area contributed by atoms with E-state index >= 15 is 0 Å². The van der Waals surface area contributed by atoms with Crippen molar-refractivity contribution in [3.05, 3.63) is 53.6 Å². The SMILES string of the molecule is Cc1ccccc1-c1nc2cc([C@@H](C)C(=O)O)ccc2o1. The van der Waals surface area contributed by atoms with Gasteiger partial charge in [0.1, 0.15) is 5.52 Å². The number of aliphatic carboxylic acids is 1. The fourth-order valence-electron chi connectivity index (χ4n) is 2.28. The van der Waals surface area contributed by atoms with Crippen LogP contribution >= 0.6 is 0 Å². The molecule has 1 atom stereocenters. The Morgan fingerprint density at radius 3 is 2.71 bits per heavy atom. The molecule has 3 aromatic rings. The maximum atomic E-state index is 11.1. The van der Waals surface area contributed by atoms with Crippen LogP contribution in [0.2, 0.25) is 0 Å². The highest BCUT2D eigenvalue weighted by Gasteiger charge is 2.16. The van der Waals surface area contributed by atoms with Crippen molar-refractivity contribution >= 4 is 17.1 Å². The van der Waals surface area contributed by atoms with E-state index in [1.807, 2.05) is 31.2 Å². The molecule has 1 aromatic heterocycles. The molecule has 0 fully saturated rings. The van der Waals surface area contributed by atoms with Gasteiger partial charge in [-0.1, -0.05) is 24.3 Å². The number of fused-ring (bicyclic) bond motifs is 1. The van der Waals surface area contributed by atoms with Crippen LogP contribution in [0.5, 0.6) is 0 Å². The lowest BCUT2D eigenvalue weighted by atomic mass is 10.0. The maximum Gasteiger partial charge on any atom is 0.310 e. The molecule has 0 unspecified atom stereocenters. The van der Waals surface area contributed by atoms with Gasteiger partial charge in [0.15, 0.2) is 5.58 Å². The summed E-state index contributed by atoms with van der Waals surface area (Å²) < 4.78 is 5.77. The van der Waals surface area contributed by atoms with Gasteiger partial charge < -0.3 is 9.52 Å². The van der Waals surface area contributed by atoms with E-state index < -0.39 is 11.9 Å². The van der Waals surface area contributed by atoms with E-state index in [4.69, 9.17) is 9.52 Å². The maximum absolute atomic E-state index is 11.1. The molecule has 0 spiro atoms. The molecule has 2 aromatic carbocycles. The van der Waals surface area contributed by atoms with E-state index in [1.54, 1.807) is 25.1 Å². The first kappa shape index (κ1) is 13.4. The molecular formula is C17H15NO3. The Morgan fingerprint density at radius 1 is 1.24 bits per heavy atom. The van der Waals surface area contributed by atoms with Gasteiger partial charge in [-0.2, -0.15) is 0 Å². The zero-order chi connectivity index (χ0) is 15.0. The summed E-state index contributed by atoms with van der Waals surface area (Å²) >= 11 is 0. The Morgan fingerprint density at radius 2 is 2.00 bits per heavy atom. The summed E-state index contributed by atoms with van der Waals surface area (Å²) in [6, 6.07) is 13.2. The molecule has 106 valence electrons. The van der Waals surface area contributed by atoms with Gasteiger partial charge in [-0.15, -0.1) is 0 Å². The van der Waals surface area contributed by atoms with Crippen molar-refractivity contribution in [1.82, 2.24) is 4.98 Å². The summed E-state index contributed by atoms with van der Waals surface area (Å²) in [5, 5.41) is 9.08. The highest BCUT2D eigenvalue weighted by atomic mass is 16.4. The third kappa shape index (κ3) is 2.40. The van der Waals surface area contributed by atoms with Crippen LogP contribution in [0.4, 0.5) is 0 Å². The standard InChI is InChI=1S/C17H15NO3/c1-10-5-3-4-6-13(10)16-18-14-9-12(11(2)17(19)20)7-8-15(14)21-16/h3-9,11H,1-2H3,(H,19,20)/t11-/m1/s1. The summed E-state index contributed by atoms with van der Waals surface area (Å²) in [5.41, 5.74) is 4.10. The molecule has 1 N–H and O–H groups in total. The Labute approximate surface area is 122 Å². The number of aryl methyl sites for hydroxylation is 1. The van der Waals surface area contributed by atoms with E-state index in [2.05, 4.69) is 4.98 Å². The number of carboxylic acids is 1. The van der Waals surface area contributed by atoms with Crippen molar-refractivity contribution in [3.63, 3.8) is 0 Å².